The first-order valence-electron chi connectivity index (χ1n) is 12.0. The van der Waals surface area contributed by atoms with E-state index in [1.165, 1.54) is 36.4 Å². The molecule has 0 saturated carbocycles. The smallest absolute Gasteiger partial charge is 0.229 e. The van der Waals surface area contributed by atoms with E-state index >= 15 is 0 Å². The fourth-order valence-corrected chi connectivity index (χ4v) is 4.16. The Morgan fingerprint density at radius 3 is 2.36 bits per heavy atom. The van der Waals surface area contributed by atoms with Gasteiger partial charge in [-0.2, -0.15) is 0 Å². The van der Waals surface area contributed by atoms with Crippen LogP contribution >= 0.6 is 0 Å². The number of phenolic OH excluding ortho intramolecular Hbond substituents is 2. The molecule has 0 spiro atoms. The molecule has 0 radical (unpaired) electrons. The van der Waals surface area contributed by atoms with Crippen molar-refractivity contribution in [3.8, 4) is 17.2 Å². The molecule has 2 saturated heterocycles. The molecule has 2 aromatic rings. The summed E-state index contributed by atoms with van der Waals surface area (Å²) in [5.74, 6) is -0.781. The van der Waals surface area contributed by atoms with Crippen LogP contribution in [0.25, 0.3) is 6.08 Å². The highest BCUT2D eigenvalue weighted by molar-refractivity contribution is 6.08. The summed E-state index contributed by atoms with van der Waals surface area (Å²) in [6.07, 6.45) is -7.68. The zero-order chi connectivity index (χ0) is 28.3. The van der Waals surface area contributed by atoms with Crippen LogP contribution in [0, 0.1) is 0 Å². The standard InChI is InChI=1S/C26H30O13/c27-10-19-22(39-25-23(34)26(35,11-28)12-36-25)20(32)21(33)24(38-19)37-15-5-1-13(2-6-15)3-8-17(30)16-7-4-14(29)9-18(16)31/h1-9,19-25,27-29,31-35H,10-12H2. The van der Waals surface area contributed by atoms with Gasteiger partial charge < -0.3 is 59.8 Å². The van der Waals surface area contributed by atoms with Gasteiger partial charge in [-0.05, 0) is 35.9 Å². The van der Waals surface area contributed by atoms with Gasteiger partial charge in [0.15, 0.2) is 12.1 Å². The lowest BCUT2D eigenvalue weighted by Crippen LogP contribution is -2.62. The fourth-order valence-electron chi connectivity index (χ4n) is 4.16. The average molecular weight is 551 g/mol. The summed E-state index contributed by atoms with van der Waals surface area (Å²) in [7, 11) is 0. The van der Waals surface area contributed by atoms with Gasteiger partial charge in [0, 0.05) is 6.07 Å². The van der Waals surface area contributed by atoms with Crippen LogP contribution in [0.3, 0.4) is 0 Å². The van der Waals surface area contributed by atoms with Crippen LogP contribution in [0.2, 0.25) is 0 Å². The Morgan fingerprint density at radius 1 is 1.03 bits per heavy atom. The number of hydrogen-bond acceptors (Lipinski definition) is 13. The average Bonchev–Trinajstić information content (AvgIpc) is 3.21. The molecule has 13 nitrogen and oxygen atoms in total. The molecule has 13 heteroatoms. The van der Waals surface area contributed by atoms with E-state index < -0.39 is 74.3 Å². The van der Waals surface area contributed by atoms with Gasteiger partial charge >= 0.3 is 0 Å². The van der Waals surface area contributed by atoms with Crippen molar-refractivity contribution in [3.05, 3.63) is 59.7 Å². The van der Waals surface area contributed by atoms with Crippen LogP contribution in [0.4, 0.5) is 0 Å². The molecule has 8 unspecified atom stereocenters. The first-order chi connectivity index (χ1) is 18.6. The molecule has 2 aromatic carbocycles. The fraction of sp³-hybridized carbons (Fsp3) is 0.423. The quantitative estimate of drug-likeness (QED) is 0.134. The summed E-state index contributed by atoms with van der Waals surface area (Å²) in [6, 6.07) is 9.86. The van der Waals surface area contributed by atoms with E-state index in [-0.39, 0.29) is 22.8 Å². The van der Waals surface area contributed by atoms with E-state index in [1.807, 2.05) is 0 Å². The Kier molecular flexibility index (Phi) is 8.86. The summed E-state index contributed by atoms with van der Waals surface area (Å²) < 4.78 is 21.9. The Balaban J connectivity index is 1.37. The van der Waals surface area contributed by atoms with E-state index in [2.05, 4.69) is 0 Å². The van der Waals surface area contributed by atoms with Crippen molar-refractivity contribution in [2.45, 2.75) is 48.7 Å². The number of aliphatic hydroxyl groups excluding tert-OH is 5. The van der Waals surface area contributed by atoms with Crippen molar-refractivity contribution < 1.29 is 64.6 Å². The van der Waals surface area contributed by atoms with Gasteiger partial charge in [-0.15, -0.1) is 0 Å². The molecular weight excluding hydrogens is 520 g/mol. The second-order valence-corrected chi connectivity index (χ2v) is 9.28. The van der Waals surface area contributed by atoms with Crippen molar-refractivity contribution in [1.29, 1.82) is 0 Å². The Bertz CT molecular complexity index is 1170. The minimum absolute atomic E-state index is 0.0183. The van der Waals surface area contributed by atoms with Crippen molar-refractivity contribution in [2.24, 2.45) is 0 Å². The highest BCUT2D eigenvalue weighted by Gasteiger charge is 2.53. The number of carbonyl (C=O) groups is 1. The predicted octanol–water partition coefficient (Wildman–Crippen LogP) is -1.36. The predicted molar refractivity (Wildman–Crippen MR) is 131 cm³/mol. The Labute approximate surface area is 222 Å². The van der Waals surface area contributed by atoms with Gasteiger partial charge in [-0.3, -0.25) is 4.79 Å². The highest BCUT2D eigenvalue weighted by Crippen LogP contribution is 2.32. The number of aromatic hydroxyl groups is 2. The van der Waals surface area contributed by atoms with Crippen molar-refractivity contribution in [2.75, 3.05) is 19.8 Å². The molecule has 2 aliphatic rings. The number of hydrogen-bond donors (Lipinski definition) is 8. The summed E-state index contributed by atoms with van der Waals surface area (Å²) >= 11 is 0. The van der Waals surface area contributed by atoms with Gasteiger partial charge in [0.25, 0.3) is 0 Å². The molecule has 4 rings (SSSR count). The number of carbonyl (C=O) groups excluding carboxylic acids is 1. The van der Waals surface area contributed by atoms with Crippen molar-refractivity contribution in [3.63, 3.8) is 0 Å². The zero-order valence-corrected chi connectivity index (χ0v) is 20.5. The number of benzene rings is 2. The molecule has 39 heavy (non-hydrogen) atoms. The molecule has 0 aromatic heterocycles. The minimum atomic E-state index is -1.97. The maximum atomic E-state index is 12.3. The maximum absolute atomic E-state index is 12.3. The van der Waals surface area contributed by atoms with Crippen LogP contribution in [0.1, 0.15) is 15.9 Å². The first-order valence-corrected chi connectivity index (χ1v) is 12.0. The second-order valence-electron chi connectivity index (χ2n) is 9.28. The van der Waals surface area contributed by atoms with Crippen LogP contribution in [-0.2, 0) is 14.2 Å². The van der Waals surface area contributed by atoms with Crippen molar-refractivity contribution >= 4 is 11.9 Å². The summed E-state index contributed by atoms with van der Waals surface area (Å²) in [5.41, 5.74) is -1.35. The number of phenols is 2. The lowest BCUT2D eigenvalue weighted by Gasteiger charge is -2.42. The monoisotopic (exact) mass is 550 g/mol. The normalized spacial score (nSPS) is 32.9. The van der Waals surface area contributed by atoms with Crippen LogP contribution < -0.4 is 4.74 Å². The number of allylic oxidation sites excluding steroid dienone is 1. The van der Waals surface area contributed by atoms with Gasteiger partial charge in [0.1, 0.15) is 53.4 Å². The van der Waals surface area contributed by atoms with E-state index in [4.69, 9.17) is 18.9 Å². The topological polar surface area (TPSA) is 216 Å². The zero-order valence-electron chi connectivity index (χ0n) is 20.5. The molecular formula is C26H30O13. The first kappa shape index (κ1) is 28.9. The van der Waals surface area contributed by atoms with E-state index in [9.17, 15) is 45.6 Å². The van der Waals surface area contributed by atoms with Crippen LogP contribution in [0.5, 0.6) is 17.2 Å². The molecule has 8 atom stereocenters. The number of rotatable bonds is 9. The summed E-state index contributed by atoms with van der Waals surface area (Å²) in [6.45, 7) is -1.89. The Morgan fingerprint density at radius 2 is 1.74 bits per heavy atom. The van der Waals surface area contributed by atoms with Gasteiger partial charge in [-0.25, -0.2) is 0 Å². The van der Waals surface area contributed by atoms with E-state index in [0.717, 1.165) is 6.07 Å². The molecule has 0 aliphatic carbocycles. The van der Waals surface area contributed by atoms with Gasteiger partial charge in [0.2, 0.25) is 6.29 Å². The molecule has 2 fully saturated rings. The highest BCUT2D eigenvalue weighted by atomic mass is 16.7. The molecule has 0 amide bonds. The third-order valence-corrected chi connectivity index (χ3v) is 6.50. The molecule has 8 N–H and O–H groups in total. The lowest BCUT2D eigenvalue weighted by molar-refractivity contribution is -0.313. The third-order valence-electron chi connectivity index (χ3n) is 6.50. The molecule has 2 aliphatic heterocycles. The SMILES string of the molecule is O=C(C=Cc1ccc(OC2OC(CO)C(OC3OCC(O)(CO)C3O)C(O)C2O)cc1)c1ccc(O)cc1O. The summed E-state index contributed by atoms with van der Waals surface area (Å²) in [5, 5.41) is 79.7. The number of ether oxygens (including phenoxy) is 4. The number of ketones is 1. The summed E-state index contributed by atoms with van der Waals surface area (Å²) in [4.78, 5) is 12.3. The molecule has 0 bridgehead atoms. The van der Waals surface area contributed by atoms with E-state index in [1.54, 1.807) is 12.1 Å². The lowest BCUT2D eigenvalue weighted by atomic mass is 9.98. The Hall–Kier alpha value is -3.11. The number of aliphatic hydroxyl groups is 6. The van der Waals surface area contributed by atoms with E-state index in [0.29, 0.717) is 5.56 Å². The second kappa shape index (κ2) is 12.0. The van der Waals surface area contributed by atoms with Crippen molar-refractivity contribution in [1.82, 2.24) is 0 Å². The van der Waals surface area contributed by atoms with Gasteiger partial charge in [-0.1, -0.05) is 18.2 Å². The third kappa shape index (κ3) is 6.22. The largest absolute Gasteiger partial charge is 0.508 e. The maximum Gasteiger partial charge on any atom is 0.229 e. The molecule has 212 valence electrons. The van der Waals surface area contributed by atoms with Gasteiger partial charge in [0.05, 0.1) is 25.4 Å². The minimum Gasteiger partial charge on any atom is -0.508 e. The molecule has 2 heterocycles. The van der Waals surface area contributed by atoms with Crippen LogP contribution in [-0.4, -0.2) is 115 Å². The van der Waals surface area contributed by atoms with Crippen LogP contribution in [0.15, 0.2) is 48.5 Å².